The van der Waals surface area contributed by atoms with E-state index in [1.165, 1.54) is 70.9 Å². The number of aliphatic imine (C=N–C) groups is 2. The summed E-state index contributed by atoms with van der Waals surface area (Å²) in [6.45, 7) is 0. The Bertz CT molecular complexity index is 3140. The number of nitrogens with zero attached hydrogens (tertiary/aromatic N) is 4. The minimum Gasteiger partial charge on any atom is -0.344 e. The molecule has 0 saturated carbocycles. The molecule has 4 heteroatoms. The van der Waals surface area contributed by atoms with Gasteiger partial charge in [0.25, 0.3) is 0 Å². The second-order valence-electron chi connectivity index (χ2n) is 14.2. The summed E-state index contributed by atoms with van der Waals surface area (Å²) in [6.07, 6.45) is 0.777. The molecule has 0 saturated heterocycles. The normalized spacial score (nSPS) is 15.5. The van der Waals surface area contributed by atoms with E-state index in [0.29, 0.717) is 0 Å². The number of amidine groups is 1. The van der Waals surface area contributed by atoms with E-state index >= 15 is 0 Å². The van der Waals surface area contributed by atoms with Gasteiger partial charge in [0.2, 0.25) is 0 Å². The van der Waals surface area contributed by atoms with Crippen molar-refractivity contribution in [2.45, 2.75) is 6.42 Å². The van der Waals surface area contributed by atoms with Gasteiger partial charge in [-0.05, 0) is 53.1 Å². The highest BCUT2D eigenvalue weighted by atomic mass is 15.0. The monoisotopic (exact) mass is 678 g/mol. The van der Waals surface area contributed by atoms with Gasteiger partial charge < -0.3 is 9.13 Å². The van der Waals surface area contributed by atoms with Gasteiger partial charge in [0.1, 0.15) is 0 Å². The van der Waals surface area contributed by atoms with Crippen LogP contribution in [0.25, 0.3) is 66.1 Å². The van der Waals surface area contributed by atoms with Gasteiger partial charge in [0.15, 0.2) is 5.84 Å². The van der Waals surface area contributed by atoms with E-state index in [2.05, 4.69) is 180 Å². The van der Waals surface area contributed by atoms with E-state index in [1.807, 2.05) is 6.07 Å². The molecule has 1 unspecified atom stereocenters. The summed E-state index contributed by atoms with van der Waals surface area (Å²) in [6, 6.07) is 61.3. The predicted octanol–water partition coefficient (Wildman–Crippen LogP) is 9.84. The van der Waals surface area contributed by atoms with Gasteiger partial charge in [-0.25, -0.2) is 9.98 Å². The van der Waals surface area contributed by atoms with Crippen molar-refractivity contribution in [1.29, 1.82) is 0 Å². The second-order valence-corrected chi connectivity index (χ2v) is 14.2. The first-order valence-corrected chi connectivity index (χ1v) is 18.3. The highest BCUT2D eigenvalue weighted by Gasteiger charge is 2.33. The second kappa shape index (κ2) is 11.6. The zero-order valence-electron chi connectivity index (χ0n) is 29.2. The summed E-state index contributed by atoms with van der Waals surface area (Å²) in [5.41, 5.74) is 12.9. The lowest BCUT2D eigenvalue weighted by molar-refractivity contribution is 0.831. The third-order valence-electron chi connectivity index (χ3n) is 11.3. The molecule has 3 heterocycles. The van der Waals surface area contributed by atoms with E-state index in [9.17, 15) is 0 Å². The van der Waals surface area contributed by atoms with Crippen molar-refractivity contribution in [2.75, 3.05) is 0 Å². The molecular formula is C49H34N4. The molecule has 0 bridgehead atoms. The minimum atomic E-state index is -0.00216. The molecule has 250 valence electrons. The molecule has 53 heavy (non-hydrogen) atoms. The van der Waals surface area contributed by atoms with Crippen LogP contribution in [-0.4, -0.2) is 20.7 Å². The van der Waals surface area contributed by atoms with E-state index < -0.39 is 0 Å². The first-order chi connectivity index (χ1) is 26.2. The maximum absolute atomic E-state index is 5.34. The molecule has 0 spiro atoms. The molecule has 1 atom stereocenters. The van der Waals surface area contributed by atoms with Crippen LogP contribution in [0.15, 0.2) is 180 Å². The molecule has 0 N–H and O–H groups in total. The fourth-order valence-electron chi connectivity index (χ4n) is 8.83. The van der Waals surface area contributed by atoms with Crippen molar-refractivity contribution in [3.63, 3.8) is 0 Å². The largest absolute Gasteiger partial charge is 0.344 e. The lowest BCUT2D eigenvalue weighted by atomic mass is 9.83. The first-order valence-electron chi connectivity index (χ1n) is 18.3. The van der Waals surface area contributed by atoms with Crippen LogP contribution in [0.5, 0.6) is 0 Å². The smallest absolute Gasteiger partial charge is 0.159 e. The molecular weight excluding hydrogens is 645 g/mol. The first kappa shape index (κ1) is 29.9. The lowest BCUT2D eigenvalue weighted by Crippen LogP contribution is -2.40. The van der Waals surface area contributed by atoms with Crippen LogP contribution in [0.2, 0.25) is 0 Å². The van der Waals surface area contributed by atoms with Gasteiger partial charge in [-0.1, -0.05) is 133 Å². The van der Waals surface area contributed by atoms with Gasteiger partial charge in [0, 0.05) is 67.7 Å². The molecule has 2 aliphatic rings. The average Bonchev–Trinajstić information content (AvgIpc) is 3.71. The maximum atomic E-state index is 5.34. The number of aryl methyl sites for hydroxylation is 1. The van der Waals surface area contributed by atoms with E-state index in [-0.39, 0.29) is 5.92 Å². The standard InChI is InChI=1S/C49H34N4/c1-52-42-22-12-10-19-36(42)39-28-33(24-26-43(39)52)34-25-27-45-40(29-34)37-20-11-13-23-44(37)53(45)46-30-41-47(31-14-4-2-5-15-31)50-49(32-16-6-3-7-17-32)51-48(41)38-21-9-8-18-35(38)46/h2-29,41H,30H2,1H3. The van der Waals surface area contributed by atoms with Crippen molar-refractivity contribution < 1.29 is 0 Å². The molecule has 1 aliphatic carbocycles. The fraction of sp³-hybridized carbons (Fsp3) is 0.0612. The Balaban J connectivity index is 1.15. The average molecular weight is 679 g/mol. The Morgan fingerprint density at radius 3 is 1.72 bits per heavy atom. The summed E-state index contributed by atoms with van der Waals surface area (Å²) in [4.78, 5) is 10.7. The van der Waals surface area contributed by atoms with Gasteiger partial charge in [-0.2, -0.15) is 0 Å². The Morgan fingerprint density at radius 1 is 0.453 bits per heavy atom. The van der Waals surface area contributed by atoms with Crippen LogP contribution in [0, 0.1) is 5.92 Å². The summed E-state index contributed by atoms with van der Waals surface area (Å²) in [5.74, 6) is 0.762. The molecule has 2 aromatic heterocycles. The number of hydrogen-bond donors (Lipinski definition) is 0. The van der Waals surface area contributed by atoms with E-state index in [0.717, 1.165) is 34.8 Å². The van der Waals surface area contributed by atoms with Crippen molar-refractivity contribution in [1.82, 2.24) is 9.13 Å². The summed E-state index contributed by atoms with van der Waals surface area (Å²) < 4.78 is 4.80. The molecule has 0 amide bonds. The molecule has 4 nitrogen and oxygen atoms in total. The number of benzene rings is 7. The quantitative estimate of drug-likeness (QED) is 0.178. The van der Waals surface area contributed by atoms with Crippen molar-refractivity contribution in [3.8, 4) is 11.1 Å². The fourth-order valence-corrected chi connectivity index (χ4v) is 8.83. The zero-order valence-corrected chi connectivity index (χ0v) is 29.2. The van der Waals surface area contributed by atoms with Gasteiger partial charge in [-0.3, -0.25) is 0 Å². The SMILES string of the molecule is Cn1c2ccccc2c2cc(-c3ccc4c(c3)c3ccccc3n4C3=c4ccccc4=C4N=C(c5ccccc5)N=C(c5ccccc5)C4C3)ccc21. The van der Waals surface area contributed by atoms with Crippen LogP contribution in [0.3, 0.4) is 0 Å². The molecule has 9 aromatic rings. The van der Waals surface area contributed by atoms with Crippen LogP contribution >= 0.6 is 0 Å². The van der Waals surface area contributed by atoms with E-state index in [4.69, 9.17) is 9.98 Å². The Labute approximate surface area is 306 Å². The van der Waals surface area contributed by atoms with Crippen LogP contribution < -0.4 is 10.4 Å². The number of fused-ring (bicyclic) bond motifs is 8. The highest BCUT2D eigenvalue weighted by molar-refractivity contribution is 6.20. The number of para-hydroxylation sites is 2. The van der Waals surface area contributed by atoms with Gasteiger partial charge >= 0.3 is 0 Å². The third kappa shape index (κ3) is 4.55. The summed E-state index contributed by atoms with van der Waals surface area (Å²) in [5, 5.41) is 7.46. The third-order valence-corrected chi connectivity index (χ3v) is 11.3. The maximum Gasteiger partial charge on any atom is 0.159 e. The van der Waals surface area contributed by atoms with Crippen molar-refractivity contribution in [2.24, 2.45) is 23.0 Å². The van der Waals surface area contributed by atoms with Crippen molar-refractivity contribution >= 4 is 66.6 Å². The topological polar surface area (TPSA) is 34.6 Å². The Hall–Kier alpha value is -6.78. The minimum absolute atomic E-state index is 0.00216. The number of aromatic nitrogens is 2. The number of rotatable bonds is 4. The molecule has 1 aliphatic heterocycles. The zero-order chi connectivity index (χ0) is 35.0. The highest BCUT2D eigenvalue weighted by Crippen LogP contribution is 2.40. The van der Waals surface area contributed by atoms with E-state index in [1.54, 1.807) is 0 Å². The predicted molar refractivity (Wildman–Crippen MR) is 221 cm³/mol. The molecule has 0 radical (unpaired) electrons. The lowest BCUT2D eigenvalue weighted by Gasteiger charge is -2.30. The molecule has 0 fully saturated rings. The molecule has 11 rings (SSSR count). The Kier molecular flexibility index (Phi) is 6.56. The molecule has 7 aromatic carbocycles. The Morgan fingerprint density at radius 2 is 0.981 bits per heavy atom. The van der Waals surface area contributed by atoms with Crippen LogP contribution in [-0.2, 0) is 7.05 Å². The van der Waals surface area contributed by atoms with Crippen LogP contribution in [0.1, 0.15) is 17.5 Å². The summed E-state index contributed by atoms with van der Waals surface area (Å²) >= 11 is 0. The van der Waals surface area contributed by atoms with Gasteiger partial charge in [-0.15, -0.1) is 0 Å². The van der Waals surface area contributed by atoms with Gasteiger partial charge in [0.05, 0.1) is 28.4 Å². The summed E-state index contributed by atoms with van der Waals surface area (Å²) in [7, 11) is 2.16. The number of hydrogen-bond acceptors (Lipinski definition) is 2. The van der Waals surface area contributed by atoms with Crippen LogP contribution in [0.4, 0.5) is 0 Å². The van der Waals surface area contributed by atoms with Crippen molar-refractivity contribution in [3.05, 3.63) is 191 Å².